The van der Waals surface area contributed by atoms with Crippen LogP contribution in [0.15, 0.2) is 36.5 Å². The molecule has 0 radical (unpaired) electrons. The highest BCUT2D eigenvalue weighted by Gasteiger charge is 2.04. The van der Waals surface area contributed by atoms with Crippen molar-refractivity contribution in [3.05, 3.63) is 47.4 Å². The van der Waals surface area contributed by atoms with Crippen LogP contribution >= 0.6 is 11.6 Å². The number of nitrogens with two attached hydrogens (primary N) is 1. The maximum atomic E-state index is 12.7. The van der Waals surface area contributed by atoms with Crippen molar-refractivity contribution in [3.8, 4) is 0 Å². The highest BCUT2D eigenvalue weighted by Crippen LogP contribution is 2.26. The molecule has 0 fully saturated rings. The van der Waals surface area contributed by atoms with E-state index in [1.54, 1.807) is 24.4 Å². The van der Waals surface area contributed by atoms with Crippen molar-refractivity contribution in [2.75, 3.05) is 11.1 Å². The summed E-state index contributed by atoms with van der Waals surface area (Å²) in [5, 5.41) is 3.38. The number of pyridine rings is 1. The molecule has 0 aliphatic rings. The Kier molecular flexibility index (Phi) is 2.92. The van der Waals surface area contributed by atoms with Crippen LogP contribution in [0.3, 0.4) is 0 Å². The van der Waals surface area contributed by atoms with E-state index in [9.17, 15) is 4.39 Å². The summed E-state index contributed by atoms with van der Waals surface area (Å²) in [6.07, 6.45) is 1.55. The third-order valence-corrected chi connectivity index (χ3v) is 2.37. The highest BCUT2D eigenvalue weighted by atomic mass is 35.5. The summed E-state index contributed by atoms with van der Waals surface area (Å²) >= 11 is 5.84. The summed E-state index contributed by atoms with van der Waals surface area (Å²) in [6, 6.07) is 7.49. The molecule has 0 atom stereocenters. The van der Waals surface area contributed by atoms with Gasteiger partial charge in [-0.2, -0.15) is 0 Å². The molecule has 0 bridgehead atoms. The van der Waals surface area contributed by atoms with Crippen molar-refractivity contribution >= 4 is 28.8 Å². The molecule has 0 aliphatic heterocycles. The van der Waals surface area contributed by atoms with Crippen LogP contribution in [0.1, 0.15) is 0 Å². The molecule has 0 aliphatic carbocycles. The van der Waals surface area contributed by atoms with Gasteiger partial charge < -0.3 is 11.1 Å². The van der Waals surface area contributed by atoms with Crippen molar-refractivity contribution in [1.29, 1.82) is 0 Å². The zero-order valence-corrected chi connectivity index (χ0v) is 9.00. The largest absolute Gasteiger partial charge is 0.395 e. The summed E-state index contributed by atoms with van der Waals surface area (Å²) in [5.74, 6) is 0.164. The Morgan fingerprint density at radius 1 is 1.19 bits per heavy atom. The van der Waals surface area contributed by atoms with E-state index in [1.165, 1.54) is 12.1 Å². The van der Waals surface area contributed by atoms with Crippen LogP contribution in [-0.4, -0.2) is 4.98 Å². The average molecular weight is 238 g/mol. The Hall–Kier alpha value is -1.81. The number of nitrogens with one attached hydrogen (secondary N) is 1. The Labute approximate surface area is 97.1 Å². The van der Waals surface area contributed by atoms with E-state index in [4.69, 9.17) is 17.3 Å². The molecule has 0 amide bonds. The second kappa shape index (κ2) is 4.37. The van der Waals surface area contributed by atoms with Gasteiger partial charge in [-0.3, -0.25) is 0 Å². The number of hydrogen-bond acceptors (Lipinski definition) is 3. The lowest BCUT2D eigenvalue weighted by Crippen LogP contribution is -1.99. The van der Waals surface area contributed by atoms with Gasteiger partial charge in [-0.15, -0.1) is 0 Å². The monoisotopic (exact) mass is 237 g/mol. The lowest BCUT2D eigenvalue weighted by atomic mass is 10.3. The van der Waals surface area contributed by atoms with Gasteiger partial charge >= 0.3 is 0 Å². The van der Waals surface area contributed by atoms with Gasteiger partial charge in [0.25, 0.3) is 0 Å². The van der Waals surface area contributed by atoms with Gasteiger partial charge in [0.2, 0.25) is 0 Å². The summed E-state index contributed by atoms with van der Waals surface area (Å²) in [7, 11) is 0. The van der Waals surface area contributed by atoms with E-state index in [1.807, 2.05) is 0 Å². The number of rotatable bonds is 2. The number of nitrogen functional groups attached to an aromatic ring is 1. The highest BCUT2D eigenvalue weighted by molar-refractivity contribution is 6.33. The number of benzene rings is 1. The molecule has 0 spiro atoms. The van der Waals surface area contributed by atoms with Gasteiger partial charge in [-0.25, -0.2) is 9.37 Å². The lowest BCUT2D eigenvalue weighted by molar-refractivity contribution is 0.628. The smallest absolute Gasteiger partial charge is 0.155 e. The third-order valence-electron chi connectivity index (χ3n) is 2.04. The van der Waals surface area contributed by atoms with Crippen molar-refractivity contribution in [2.45, 2.75) is 0 Å². The van der Waals surface area contributed by atoms with Crippen LogP contribution < -0.4 is 11.1 Å². The summed E-state index contributed by atoms with van der Waals surface area (Å²) < 4.78 is 12.7. The molecule has 1 heterocycles. The first-order valence-corrected chi connectivity index (χ1v) is 4.97. The molecule has 0 saturated heterocycles. The first-order chi connectivity index (χ1) is 7.66. The van der Waals surface area contributed by atoms with Crippen molar-refractivity contribution in [3.63, 3.8) is 0 Å². The second-order valence-corrected chi connectivity index (χ2v) is 3.59. The van der Waals surface area contributed by atoms with E-state index in [2.05, 4.69) is 10.3 Å². The maximum absolute atomic E-state index is 12.7. The molecule has 0 saturated carbocycles. The fraction of sp³-hybridized carbons (Fsp3) is 0. The van der Waals surface area contributed by atoms with Crippen LogP contribution in [-0.2, 0) is 0 Å². The molecule has 3 nitrogen and oxygen atoms in total. The van der Waals surface area contributed by atoms with Crippen LogP contribution in [0.2, 0.25) is 5.02 Å². The number of anilines is 3. The minimum absolute atomic E-state index is 0.294. The van der Waals surface area contributed by atoms with Crippen LogP contribution in [0.5, 0.6) is 0 Å². The van der Waals surface area contributed by atoms with Crippen molar-refractivity contribution in [1.82, 2.24) is 4.98 Å². The molecule has 5 heteroatoms. The Morgan fingerprint density at radius 3 is 2.56 bits per heavy atom. The molecule has 3 N–H and O–H groups in total. The van der Waals surface area contributed by atoms with Crippen molar-refractivity contribution < 1.29 is 4.39 Å². The Balaban J connectivity index is 2.27. The van der Waals surface area contributed by atoms with E-state index in [-0.39, 0.29) is 5.82 Å². The standard InChI is InChI=1S/C11H9ClFN3/c12-9-5-6-15-11(10(9)14)16-8-3-1-7(13)2-4-8/h1-6H,14H2,(H,15,16). The maximum Gasteiger partial charge on any atom is 0.155 e. The van der Waals surface area contributed by atoms with Crippen LogP contribution in [0.4, 0.5) is 21.6 Å². The number of halogens is 2. The normalized spacial score (nSPS) is 10.1. The minimum Gasteiger partial charge on any atom is -0.395 e. The summed E-state index contributed by atoms with van der Waals surface area (Å²) in [6.45, 7) is 0. The van der Waals surface area contributed by atoms with E-state index < -0.39 is 0 Å². The SMILES string of the molecule is Nc1c(Cl)ccnc1Nc1ccc(F)cc1. The summed E-state index contributed by atoms with van der Waals surface area (Å²) in [5.41, 5.74) is 6.80. The van der Waals surface area contributed by atoms with Gasteiger partial charge in [-0.1, -0.05) is 11.6 Å². The van der Waals surface area contributed by atoms with Crippen LogP contribution in [0, 0.1) is 5.82 Å². The Bertz CT molecular complexity index is 499. The average Bonchev–Trinajstić information content (AvgIpc) is 2.28. The number of hydrogen-bond donors (Lipinski definition) is 2. The fourth-order valence-corrected chi connectivity index (χ4v) is 1.37. The quantitative estimate of drug-likeness (QED) is 0.843. The molecule has 16 heavy (non-hydrogen) atoms. The minimum atomic E-state index is -0.294. The molecule has 1 aromatic heterocycles. The predicted molar refractivity (Wildman–Crippen MR) is 63.3 cm³/mol. The first kappa shape index (κ1) is 10.7. The number of nitrogens with zero attached hydrogens (tertiary/aromatic N) is 1. The van der Waals surface area contributed by atoms with E-state index in [0.29, 0.717) is 22.2 Å². The van der Waals surface area contributed by atoms with Crippen molar-refractivity contribution in [2.24, 2.45) is 0 Å². The van der Waals surface area contributed by atoms with Crippen LogP contribution in [0.25, 0.3) is 0 Å². The van der Waals surface area contributed by atoms with Gasteiger partial charge in [0, 0.05) is 11.9 Å². The fourth-order valence-electron chi connectivity index (χ4n) is 1.22. The first-order valence-electron chi connectivity index (χ1n) is 4.59. The van der Waals surface area contributed by atoms with E-state index >= 15 is 0 Å². The Morgan fingerprint density at radius 2 is 1.88 bits per heavy atom. The topological polar surface area (TPSA) is 50.9 Å². The zero-order valence-electron chi connectivity index (χ0n) is 8.24. The van der Waals surface area contributed by atoms with E-state index in [0.717, 1.165) is 0 Å². The third kappa shape index (κ3) is 2.23. The molecular formula is C11H9ClFN3. The van der Waals surface area contributed by atoms with Gasteiger partial charge in [-0.05, 0) is 30.3 Å². The molecule has 82 valence electrons. The van der Waals surface area contributed by atoms with Gasteiger partial charge in [0.1, 0.15) is 5.82 Å². The number of aromatic nitrogens is 1. The molecular weight excluding hydrogens is 229 g/mol. The predicted octanol–water partition coefficient (Wildman–Crippen LogP) is 3.20. The second-order valence-electron chi connectivity index (χ2n) is 3.19. The summed E-state index contributed by atoms with van der Waals surface area (Å²) in [4.78, 5) is 4.04. The molecule has 1 aromatic carbocycles. The molecule has 0 unspecified atom stereocenters. The van der Waals surface area contributed by atoms with Gasteiger partial charge in [0.15, 0.2) is 5.82 Å². The molecule has 2 aromatic rings. The lowest BCUT2D eigenvalue weighted by Gasteiger charge is -2.08. The van der Waals surface area contributed by atoms with Gasteiger partial charge in [0.05, 0.1) is 10.7 Å². The zero-order chi connectivity index (χ0) is 11.5. The molecule has 2 rings (SSSR count).